The molecule has 0 radical (unpaired) electrons. The third-order valence-electron chi connectivity index (χ3n) is 1.63. The zero-order valence-electron chi connectivity index (χ0n) is 7.53. The summed E-state index contributed by atoms with van der Waals surface area (Å²) in [6, 6.07) is 2.10. The van der Waals surface area contributed by atoms with Gasteiger partial charge in [-0.2, -0.15) is 5.26 Å². The summed E-state index contributed by atoms with van der Waals surface area (Å²) in [5.41, 5.74) is 6.34. The molecule has 1 aromatic heterocycles. The number of aromatic nitrogens is 1. The topological polar surface area (TPSA) is 65.9 Å². The van der Waals surface area contributed by atoms with E-state index in [9.17, 15) is 0 Å². The molecular weight excluding hydrogens is 184 g/mol. The first-order valence-corrected chi connectivity index (χ1v) is 4.88. The van der Waals surface area contributed by atoms with Crippen LogP contribution >= 0.6 is 11.3 Å². The first-order chi connectivity index (χ1) is 6.27. The van der Waals surface area contributed by atoms with Crippen LogP contribution in [0.25, 0.3) is 0 Å². The molecule has 0 fully saturated rings. The largest absolute Gasteiger partial charge is 0.350 e. The number of nitrogens with zero attached hydrogens (tertiary/aromatic N) is 3. The molecule has 0 spiro atoms. The number of nitriles is 1. The molecular formula is C8H12N4S. The van der Waals surface area contributed by atoms with Crippen LogP contribution in [-0.2, 0) is 6.54 Å². The van der Waals surface area contributed by atoms with Gasteiger partial charge in [0.15, 0.2) is 5.13 Å². The number of anilines is 1. The highest BCUT2D eigenvalue weighted by molar-refractivity contribution is 7.13. The van der Waals surface area contributed by atoms with Crippen molar-refractivity contribution in [2.45, 2.75) is 13.0 Å². The first kappa shape index (κ1) is 9.96. The van der Waals surface area contributed by atoms with E-state index in [0.717, 1.165) is 10.8 Å². The molecule has 0 aliphatic rings. The minimum atomic E-state index is 0.475. The Morgan fingerprint density at radius 3 is 3.08 bits per heavy atom. The molecule has 0 aliphatic carbocycles. The van der Waals surface area contributed by atoms with E-state index in [1.807, 2.05) is 17.3 Å². The third-order valence-corrected chi connectivity index (χ3v) is 2.64. The van der Waals surface area contributed by atoms with Gasteiger partial charge in [-0.25, -0.2) is 4.98 Å². The second-order valence-electron chi connectivity index (χ2n) is 2.66. The molecule has 5 heteroatoms. The zero-order valence-corrected chi connectivity index (χ0v) is 8.34. The fourth-order valence-corrected chi connectivity index (χ4v) is 1.71. The van der Waals surface area contributed by atoms with Crippen LogP contribution in [0.2, 0.25) is 0 Å². The quantitative estimate of drug-likeness (QED) is 0.778. The SMILES string of the molecule is CN(CCC#N)c1nc(CN)cs1. The Morgan fingerprint density at radius 2 is 2.54 bits per heavy atom. The Balaban J connectivity index is 2.56. The summed E-state index contributed by atoms with van der Waals surface area (Å²) >= 11 is 1.56. The van der Waals surface area contributed by atoms with Gasteiger partial charge < -0.3 is 10.6 Å². The Hall–Kier alpha value is -1.12. The minimum absolute atomic E-state index is 0.475. The van der Waals surface area contributed by atoms with Crippen LogP contribution in [-0.4, -0.2) is 18.6 Å². The van der Waals surface area contributed by atoms with Gasteiger partial charge in [0, 0.05) is 25.5 Å². The fourth-order valence-electron chi connectivity index (χ4n) is 0.879. The lowest BCUT2D eigenvalue weighted by molar-refractivity contribution is 0.888. The van der Waals surface area contributed by atoms with Crippen molar-refractivity contribution in [3.8, 4) is 6.07 Å². The van der Waals surface area contributed by atoms with Gasteiger partial charge in [-0.05, 0) is 0 Å². The molecule has 1 heterocycles. The zero-order chi connectivity index (χ0) is 9.68. The molecule has 0 saturated heterocycles. The lowest BCUT2D eigenvalue weighted by Crippen LogP contribution is -2.17. The molecule has 70 valence electrons. The molecule has 0 aliphatic heterocycles. The average Bonchev–Trinajstić information content (AvgIpc) is 2.62. The smallest absolute Gasteiger partial charge is 0.185 e. The highest BCUT2D eigenvalue weighted by Crippen LogP contribution is 2.18. The van der Waals surface area contributed by atoms with E-state index in [0.29, 0.717) is 19.5 Å². The highest BCUT2D eigenvalue weighted by Gasteiger charge is 2.04. The van der Waals surface area contributed by atoms with Crippen molar-refractivity contribution >= 4 is 16.5 Å². The van der Waals surface area contributed by atoms with Gasteiger partial charge in [-0.3, -0.25) is 0 Å². The Kier molecular flexibility index (Phi) is 3.68. The third kappa shape index (κ3) is 2.68. The minimum Gasteiger partial charge on any atom is -0.350 e. The molecule has 0 unspecified atom stereocenters. The molecule has 4 nitrogen and oxygen atoms in total. The van der Waals surface area contributed by atoms with E-state index < -0.39 is 0 Å². The van der Waals surface area contributed by atoms with E-state index >= 15 is 0 Å². The number of hydrogen-bond acceptors (Lipinski definition) is 5. The number of nitrogens with two attached hydrogens (primary N) is 1. The van der Waals surface area contributed by atoms with Crippen LogP contribution in [0.5, 0.6) is 0 Å². The van der Waals surface area contributed by atoms with E-state index in [4.69, 9.17) is 11.0 Å². The Morgan fingerprint density at radius 1 is 1.77 bits per heavy atom. The fraction of sp³-hybridized carbons (Fsp3) is 0.500. The van der Waals surface area contributed by atoms with Crippen LogP contribution in [0.15, 0.2) is 5.38 Å². The summed E-state index contributed by atoms with van der Waals surface area (Å²) in [4.78, 5) is 6.26. The maximum atomic E-state index is 8.40. The number of hydrogen-bond donors (Lipinski definition) is 1. The van der Waals surface area contributed by atoms with Crippen LogP contribution in [0.3, 0.4) is 0 Å². The maximum Gasteiger partial charge on any atom is 0.185 e. The van der Waals surface area contributed by atoms with E-state index in [2.05, 4.69) is 11.1 Å². The second-order valence-corrected chi connectivity index (χ2v) is 3.49. The second kappa shape index (κ2) is 4.80. The van der Waals surface area contributed by atoms with Crippen LogP contribution in [0.4, 0.5) is 5.13 Å². The molecule has 0 atom stereocenters. The van der Waals surface area contributed by atoms with Crippen molar-refractivity contribution in [3.63, 3.8) is 0 Å². The standard InChI is InChI=1S/C8H12N4S/c1-12(4-2-3-9)8-11-7(5-10)6-13-8/h6H,2,4-5,10H2,1H3. The van der Waals surface area contributed by atoms with Crippen molar-refractivity contribution < 1.29 is 0 Å². The lowest BCUT2D eigenvalue weighted by Gasteiger charge is -2.12. The molecule has 0 saturated carbocycles. The molecule has 2 N–H and O–H groups in total. The van der Waals surface area contributed by atoms with Crippen LogP contribution in [0.1, 0.15) is 12.1 Å². The van der Waals surface area contributed by atoms with E-state index in [-0.39, 0.29) is 0 Å². The van der Waals surface area contributed by atoms with Gasteiger partial charge in [0.05, 0.1) is 18.2 Å². The summed E-state index contributed by atoms with van der Waals surface area (Å²) in [7, 11) is 1.93. The van der Waals surface area contributed by atoms with Crippen molar-refractivity contribution in [2.24, 2.45) is 5.73 Å². The van der Waals surface area contributed by atoms with Gasteiger partial charge in [0.2, 0.25) is 0 Å². The van der Waals surface area contributed by atoms with Gasteiger partial charge in [-0.1, -0.05) is 0 Å². The Labute approximate surface area is 81.6 Å². The van der Waals surface area contributed by atoms with Crippen molar-refractivity contribution in [1.82, 2.24) is 4.98 Å². The van der Waals surface area contributed by atoms with Gasteiger partial charge >= 0.3 is 0 Å². The first-order valence-electron chi connectivity index (χ1n) is 4.00. The van der Waals surface area contributed by atoms with Crippen molar-refractivity contribution in [3.05, 3.63) is 11.1 Å². The molecule has 0 amide bonds. The van der Waals surface area contributed by atoms with Gasteiger partial charge in [0.1, 0.15) is 0 Å². The Bertz CT molecular complexity index is 301. The number of thiazole rings is 1. The molecule has 1 aromatic rings. The maximum absolute atomic E-state index is 8.40. The summed E-state index contributed by atoms with van der Waals surface area (Å²) in [5.74, 6) is 0. The van der Waals surface area contributed by atoms with Crippen molar-refractivity contribution in [2.75, 3.05) is 18.5 Å². The summed E-state index contributed by atoms with van der Waals surface area (Å²) in [6.07, 6.45) is 0.522. The predicted molar refractivity (Wildman–Crippen MR) is 53.5 cm³/mol. The lowest BCUT2D eigenvalue weighted by atomic mass is 10.4. The average molecular weight is 196 g/mol. The van der Waals surface area contributed by atoms with Crippen LogP contribution < -0.4 is 10.6 Å². The molecule has 0 aromatic carbocycles. The van der Waals surface area contributed by atoms with Crippen molar-refractivity contribution in [1.29, 1.82) is 5.26 Å². The normalized spacial score (nSPS) is 9.62. The summed E-state index contributed by atoms with van der Waals surface area (Å²) in [5, 5.41) is 11.3. The highest BCUT2D eigenvalue weighted by atomic mass is 32.1. The van der Waals surface area contributed by atoms with E-state index in [1.165, 1.54) is 0 Å². The van der Waals surface area contributed by atoms with Gasteiger partial charge in [-0.15, -0.1) is 11.3 Å². The monoisotopic (exact) mass is 196 g/mol. The van der Waals surface area contributed by atoms with Crippen LogP contribution in [0, 0.1) is 11.3 Å². The predicted octanol–water partition coefficient (Wildman–Crippen LogP) is 0.952. The number of rotatable bonds is 4. The molecule has 13 heavy (non-hydrogen) atoms. The summed E-state index contributed by atoms with van der Waals surface area (Å²) in [6.45, 7) is 1.19. The van der Waals surface area contributed by atoms with E-state index in [1.54, 1.807) is 11.3 Å². The van der Waals surface area contributed by atoms with Gasteiger partial charge in [0.25, 0.3) is 0 Å². The molecule has 1 rings (SSSR count). The summed E-state index contributed by atoms with van der Waals surface area (Å²) < 4.78 is 0. The molecule has 0 bridgehead atoms.